The molecule has 2 rings (SSSR count). The van der Waals surface area contributed by atoms with Gasteiger partial charge >= 0.3 is 5.97 Å². The number of carbonyl (C=O) groups is 4. The molecule has 5 nitrogen and oxygen atoms in total. The summed E-state index contributed by atoms with van der Waals surface area (Å²) in [7, 11) is 0. The summed E-state index contributed by atoms with van der Waals surface area (Å²) < 4.78 is 0. The van der Waals surface area contributed by atoms with Crippen molar-refractivity contribution in [2.45, 2.75) is 0 Å². The van der Waals surface area contributed by atoms with Crippen molar-refractivity contribution in [3.8, 4) is 11.1 Å². The van der Waals surface area contributed by atoms with Gasteiger partial charge in [-0.05, 0) is 11.1 Å². The fraction of sp³-hybridized carbons (Fsp3) is 0. The Balaban J connectivity index is 2.85. The van der Waals surface area contributed by atoms with Crippen LogP contribution in [0.2, 0.25) is 0 Å². The van der Waals surface area contributed by atoms with E-state index >= 15 is 0 Å². The molecule has 0 unspecified atom stereocenters. The van der Waals surface area contributed by atoms with Crippen molar-refractivity contribution >= 4 is 24.8 Å². The number of rotatable bonds is 5. The highest BCUT2D eigenvalue weighted by Crippen LogP contribution is 2.29. The second-order valence-corrected chi connectivity index (χ2v) is 4.24. The number of hydrogen-bond acceptors (Lipinski definition) is 4. The number of benzene rings is 2. The molecule has 0 saturated carbocycles. The highest BCUT2D eigenvalue weighted by Gasteiger charge is 2.19. The van der Waals surface area contributed by atoms with Crippen LogP contribution in [-0.2, 0) is 0 Å². The molecule has 5 heteroatoms. The number of aromatic carboxylic acids is 1. The van der Waals surface area contributed by atoms with Crippen molar-refractivity contribution in [3.05, 3.63) is 58.7 Å². The Hall–Kier alpha value is -3.08. The monoisotopic (exact) mass is 282 g/mol. The molecule has 21 heavy (non-hydrogen) atoms. The fourth-order valence-electron chi connectivity index (χ4n) is 2.18. The SMILES string of the molecule is O=Cc1cccc(-c2cccc(C=O)c2C(=O)O)c1C=O. The molecule has 2 aromatic rings. The minimum absolute atomic E-state index is 0.00774. The summed E-state index contributed by atoms with van der Waals surface area (Å²) in [4.78, 5) is 44.6. The number of carboxylic acids is 1. The molecule has 0 fully saturated rings. The van der Waals surface area contributed by atoms with E-state index in [2.05, 4.69) is 0 Å². The first-order chi connectivity index (χ1) is 10.1. The summed E-state index contributed by atoms with van der Waals surface area (Å²) in [5.74, 6) is -1.28. The first-order valence-corrected chi connectivity index (χ1v) is 5.99. The Morgan fingerprint density at radius 1 is 0.810 bits per heavy atom. The van der Waals surface area contributed by atoms with Crippen LogP contribution in [0.1, 0.15) is 41.4 Å². The summed E-state index contributed by atoms with van der Waals surface area (Å²) >= 11 is 0. The van der Waals surface area contributed by atoms with E-state index in [4.69, 9.17) is 0 Å². The Labute approximate surface area is 119 Å². The molecule has 0 heterocycles. The molecule has 1 N–H and O–H groups in total. The highest BCUT2D eigenvalue weighted by atomic mass is 16.4. The molecular weight excluding hydrogens is 272 g/mol. The van der Waals surface area contributed by atoms with Gasteiger partial charge < -0.3 is 5.11 Å². The Bertz CT molecular complexity index is 746. The third kappa shape index (κ3) is 2.49. The average molecular weight is 282 g/mol. The molecule has 0 radical (unpaired) electrons. The van der Waals surface area contributed by atoms with Crippen molar-refractivity contribution in [1.29, 1.82) is 0 Å². The lowest BCUT2D eigenvalue weighted by Gasteiger charge is -2.11. The van der Waals surface area contributed by atoms with Gasteiger partial charge in [-0.15, -0.1) is 0 Å². The van der Waals surface area contributed by atoms with Gasteiger partial charge in [-0.3, -0.25) is 14.4 Å². The third-order valence-electron chi connectivity index (χ3n) is 3.11. The number of carboxylic acid groups (broad SMARTS) is 1. The van der Waals surface area contributed by atoms with Crippen LogP contribution < -0.4 is 0 Å². The highest BCUT2D eigenvalue weighted by molar-refractivity contribution is 6.06. The lowest BCUT2D eigenvalue weighted by atomic mass is 9.91. The summed E-state index contributed by atoms with van der Waals surface area (Å²) in [5.41, 5.74) is 0.592. The van der Waals surface area contributed by atoms with E-state index in [9.17, 15) is 24.3 Å². The van der Waals surface area contributed by atoms with Crippen molar-refractivity contribution in [2.75, 3.05) is 0 Å². The van der Waals surface area contributed by atoms with Gasteiger partial charge in [-0.2, -0.15) is 0 Å². The summed E-state index contributed by atoms with van der Waals surface area (Å²) in [6, 6.07) is 8.94. The number of carbonyl (C=O) groups excluding carboxylic acids is 3. The molecule has 0 amide bonds. The van der Waals surface area contributed by atoms with E-state index in [1.165, 1.54) is 30.3 Å². The van der Waals surface area contributed by atoms with E-state index in [0.717, 1.165) is 0 Å². The molecule has 0 bridgehead atoms. The lowest BCUT2D eigenvalue weighted by Crippen LogP contribution is -2.06. The van der Waals surface area contributed by atoms with Crippen molar-refractivity contribution < 1.29 is 24.3 Å². The summed E-state index contributed by atoms with van der Waals surface area (Å²) in [6.45, 7) is 0. The molecule has 0 saturated heterocycles. The summed E-state index contributed by atoms with van der Waals surface area (Å²) in [5, 5.41) is 9.31. The van der Waals surface area contributed by atoms with Crippen LogP contribution in [-0.4, -0.2) is 29.9 Å². The molecule has 0 atom stereocenters. The molecule has 0 aliphatic rings. The normalized spacial score (nSPS) is 9.90. The van der Waals surface area contributed by atoms with Crippen LogP contribution >= 0.6 is 0 Å². The number of hydrogen-bond donors (Lipinski definition) is 1. The average Bonchev–Trinajstić information content (AvgIpc) is 2.52. The van der Waals surface area contributed by atoms with Crippen molar-refractivity contribution in [2.24, 2.45) is 0 Å². The van der Waals surface area contributed by atoms with Crippen molar-refractivity contribution in [1.82, 2.24) is 0 Å². The van der Waals surface area contributed by atoms with E-state index in [0.29, 0.717) is 24.4 Å². The largest absolute Gasteiger partial charge is 0.478 e. The molecule has 0 aromatic heterocycles. The smallest absolute Gasteiger partial charge is 0.337 e. The first kappa shape index (κ1) is 14.3. The van der Waals surface area contributed by atoms with E-state index in [1.807, 2.05) is 0 Å². The van der Waals surface area contributed by atoms with E-state index in [-0.39, 0.29) is 27.8 Å². The Kier molecular flexibility index (Phi) is 4.04. The maximum absolute atomic E-state index is 11.4. The van der Waals surface area contributed by atoms with Crippen LogP contribution in [0.5, 0.6) is 0 Å². The quantitative estimate of drug-likeness (QED) is 0.851. The van der Waals surface area contributed by atoms with Gasteiger partial charge in [0.25, 0.3) is 0 Å². The van der Waals surface area contributed by atoms with Crippen LogP contribution in [0.3, 0.4) is 0 Å². The Morgan fingerprint density at radius 3 is 1.90 bits per heavy atom. The zero-order chi connectivity index (χ0) is 15.4. The zero-order valence-corrected chi connectivity index (χ0v) is 10.8. The molecule has 0 aliphatic heterocycles. The van der Waals surface area contributed by atoms with Gasteiger partial charge in [-0.1, -0.05) is 36.4 Å². The molecule has 2 aromatic carbocycles. The van der Waals surface area contributed by atoms with Crippen LogP contribution in [0, 0.1) is 0 Å². The maximum atomic E-state index is 11.4. The van der Waals surface area contributed by atoms with Gasteiger partial charge in [0.05, 0.1) is 5.56 Å². The summed E-state index contributed by atoms with van der Waals surface area (Å²) in [6.07, 6.45) is 1.46. The third-order valence-corrected chi connectivity index (χ3v) is 3.11. The molecular formula is C16H10O5. The predicted molar refractivity (Wildman–Crippen MR) is 75.0 cm³/mol. The van der Waals surface area contributed by atoms with Crippen LogP contribution in [0.25, 0.3) is 11.1 Å². The molecule has 104 valence electrons. The van der Waals surface area contributed by atoms with Gasteiger partial charge in [-0.25, -0.2) is 4.79 Å². The van der Waals surface area contributed by atoms with Crippen molar-refractivity contribution in [3.63, 3.8) is 0 Å². The topological polar surface area (TPSA) is 88.5 Å². The Morgan fingerprint density at radius 2 is 1.38 bits per heavy atom. The van der Waals surface area contributed by atoms with Crippen LogP contribution in [0.15, 0.2) is 36.4 Å². The fourth-order valence-corrected chi connectivity index (χ4v) is 2.18. The number of aldehydes is 3. The molecule has 0 spiro atoms. The standard InChI is InChI=1S/C16H10O5/c17-7-10-3-1-5-12(14(10)9-19)13-6-2-4-11(8-18)15(13)16(20)21/h1-9H,(H,20,21). The maximum Gasteiger partial charge on any atom is 0.337 e. The van der Waals surface area contributed by atoms with Gasteiger partial charge in [0.1, 0.15) is 0 Å². The zero-order valence-electron chi connectivity index (χ0n) is 10.8. The second-order valence-electron chi connectivity index (χ2n) is 4.24. The van der Waals surface area contributed by atoms with Crippen LogP contribution in [0.4, 0.5) is 0 Å². The minimum atomic E-state index is -1.28. The van der Waals surface area contributed by atoms with Gasteiger partial charge in [0.2, 0.25) is 0 Å². The predicted octanol–water partition coefficient (Wildman–Crippen LogP) is 2.49. The first-order valence-electron chi connectivity index (χ1n) is 5.99. The van der Waals surface area contributed by atoms with E-state index in [1.54, 1.807) is 6.07 Å². The second kappa shape index (κ2) is 5.92. The van der Waals surface area contributed by atoms with Gasteiger partial charge in [0, 0.05) is 16.7 Å². The van der Waals surface area contributed by atoms with Gasteiger partial charge in [0.15, 0.2) is 18.9 Å². The lowest BCUT2D eigenvalue weighted by molar-refractivity contribution is 0.0694. The minimum Gasteiger partial charge on any atom is -0.478 e. The van der Waals surface area contributed by atoms with E-state index < -0.39 is 5.97 Å². The molecule has 0 aliphatic carbocycles.